The highest BCUT2D eigenvalue weighted by Crippen LogP contribution is 2.38. The van der Waals surface area contributed by atoms with Gasteiger partial charge in [-0.05, 0) is 49.8 Å². The van der Waals surface area contributed by atoms with Crippen molar-refractivity contribution in [2.45, 2.75) is 39.3 Å². The predicted molar refractivity (Wildman–Crippen MR) is 170 cm³/mol. The van der Waals surface area contributed by atoms with E-state index in [0.29, 0.717) is 54.7 Å². The average molecular weight is 628 g/mol. The van der Waals surface area contributed by atoms with E-state index in [2.05, 4.69) is 6.07 Å². The molecule has 1 aliphatic rings. The standard InChI is InChI=1S/C34H30ClN3O5S/c1-4-10-26-30(33(40)42-5-2)31(25-18-24(35)15-16-28(25)41-3)38-32(39)29(44-34(38)37-26)17-21-11-8-9-14-27(21)43-20-23-13-7-6-12-22(23)19-36/h6-9,11-18,31H,4-5,10,20H2,1-3H3/b29-17+/t31-/m1/s1. The summed E-state index contributed by atoms with van der Waals surface area (Å²) in [5, 5.41) is 9.89. The monoisotopic (exact) mass is 627 g/mol. The van der Waals surface area contributed by atoms with Crippen molar-refractivity contribution in [2.75, 3.05) is 13.7 Å². The molecule has 2 heterocycles. The molecule has 0 saturated heterocycles. The number of hydrogen-bond donors (Lipinski definition) is 0. The lowest BCUT2D eigenvalue weighted by molar-refractivity contribution is -0.139. The Morgan fingerprint density at radius 1 is 1.11 bits per heavy atom. The second-order valence-corrected chi connectivity index (χ2v) is 11.3. The number of benzene rings is 3. The van der Waals surface area contributed by atoms with Crippen molar-refractivity contribution in [3.05, 3.63) is 125 Å². The molecule has 0 bridgehead atoms. The smallest absolute Gasteiger partial charge is 0.338 e. The van der Waals surface area contributed by atoms with Gasteiger partial charge in [-0.3, -0.25) is 9.36 Å². The summed E-state index contributed by atoms with van der Waals surface area (Å²) in [6, 6.07) is 21.1. The Morgan fingerprint density at radius 2 is 1.89 bits per heavy atom. The Hall–Kier alpha value is -4.65. The van der Waals surface area contributed by atoms with Crippen LogP contribution in [-0.4, -0.2) is 24.3 Å². The third kappa shape index (κ3) is 6.18. The minimum atomic E-state index is -0.864. The third-order valence-corrected chi connectivity index (χ3v) is 8.32. The maximum absolute atomic E-state index is 14.2. The molecule has 0 unspecified atom stereocenters. The Labute approximate surface area is 263 Å². The highest BCUT2D eigenvalue weighted by Gasteiger charge is 2.36. The number of nitrogens with zero attached hydrogens (tertiary/aromatic N) is 3. The number of esters is 1. The maximum atomic E-state index is 14.2. The van der Waals surface area contributed by atoms with Gasteiger partial charge in [0.1, 0.15) is 24.1 Å². The zero-order valence-electron chi connectivity index (χ0n) is 24.5. The first-order valence-corrected chi connectivity index (χ1v) is 15.3. The first kappa shape index (κ1) is 30.8. The van der Waals surface area contributed by atoms with Gasteiger partial charge in [-0.2, -0.15) is 5.26 Å². The number of carbonyl (C=O) groups is 1. The first-order valence-electron chi connectivity index (χ1n) is 14.1. The number of nitriles is 1. The van der Waals surface area contributed by atoms with Gasteiger partial charge in [-0.15, -0.1) is 0 Å². The van der Waals surface area contributed by atoms with Gasteiger partial charge in [0.2, 0.25) is 0 Å². The SMILES string of the molecule is CCCC1=C(C(=O)OCC)[C@@H](c2cc(Cl)ccc2OC)n2c(s/c(=C/c3ccccc3OCc3ccccc3C#N)c2=O)=N1. The number of thiazole rings is 1. The van der Waals surface area contributed by atoms with Crippen molar-refractivity contribution in [1.82, 2.24) is 4.57 Å². The molecule has 5 rings (SSSR count). The largest absolute Gasteiger partial charge is 0.496 e. The first-order chi connectivity index (χ1) is 21.4. The van der Waals surface area contributed by atoms with Gasteiger partial charge in [0.25, 0.3) is 5.56 Å². The number of methoxy groups -OCH3 is 1. The van der Waals surface area contributed by atoms with E-state index >= 15 is 0 Å². The van der Waals surface area contributed by atoms with Crippen LogP contribution in [0.5, 0.6) is 11.5 Å². The van der Waals surface area contributed by atoms with Crippen LogP contribution in [0, 0.1) is 11.3 Å². The lowest BCUT2D eigenvalue weighted by Crippen LogP contribution is -2.40. The number of rotatable bonds is 10. The van der Waals surface area contributed by atoms with Gasteiger partial charge in [0.05, 0.1) is 41.2 Å². The van der Waals surface area contributed by atoms with E-state index in [1.165, 1.54) is 23.0 Å². The molecule has 4 aromatic rings. The van der Waals surface area contributed by atoms with Gasteiger partial charge >= 0.3 is 5.97 Å². The molecule has 0 spiro atoms. The van der Waals surface area contributed by atoms with Gasteiger partial charge in [-0.1, -0.05) is 72.7 Å². The van der Waals surface area contributed by atoms with Gasteiger partial charge < -0.3 is 14.2 Å². The van der Waals surface area contributed by atoms with E-state index in [-0.39, 0.29) is 24.3 Å². The number of aromatic nitrogens is 1. The third-order valence-electron chi connectivity index (χ3n) is 7.11. The molecule has 1 aromatic heterocycles. The molecule has 0 N–H and O–H groups in total. The summed E-state index contributed by atoms with van der Waals surface area (Å²) in [6.45, 7) is 4.09. The Bertz CT molecular complexity index is 1970. The van der Waals surface area contributed by atoms with E-state index < -0.39 is 12.0 Å². The molecule has 10 heteroatoms. The molecule has 0 aliphatic carbocycles. The van der Waals surface area contributed by atoms with E-state index in [0.717, 1.165) is 12.0 Å². The highest BCUT2D eigenvalue weighted by atomic mass is 35.5. The zero-order chi connectivity index (χ0) is 31.2. The van der Waals surface area contributed by atoms with Gasteiger partial charge in [-0.25, -0.2) is 9.79 Å². The fourth-order valence-electron chi connectivity index (χ4n) is 5.12. The van der Waals surface area contributed by atoms with E-state index in [9.17, 15) is 14.9 Å². The second kappa shape index (κ2) is 13.8. The molecule has 3 aromatic carbocycles. The number of halogens is 1. The average Bonchev–Trinajstić information content (AvgIpc) is 3.34. The molecule has 44 heavy (non-hydrogen) atoms. The van der Waals surface area contributed by atoms with E-state index in [4.69, 9.17) is 30.8 Å². The van der Waals surface area contributed by atoms with Gasteiger partial charge in [0.15, 0.2) is 4.80 Å². The molecule has 1 aliphatic heterocycles. The Kier molecular flexibility index (Phi) is 9.63. The summed E-state index contributed by atoms with van der Waals surface area (Å²) in [5.74, 6) is 0.486. The van der Waals surface area contributed by atoms with Crippen LogP contribution in [0.15, 0.2) is 87.8 Å². The maximum Gasteiger partial charge on any atom is 0.338 e. The van der Waals surface area contributed by atoms with Gasteiger partial charge in [0, 0.05) is 21.7 Å². The lowest BCUT2D eigenvalue weighted by atomic mass is 9.93. The lowest BCUT2D eigenvalue weighted by Gasteiger charge is -2.27. The molecule has 0 amide bonds. The number of carbonyl (C=O) groups excluding carboxylic acids is 1. The van der Waals surface area contributed by atoms with E-state index in [1.807, 2.05) is 43.3 Å². The van der Waals surface area contributed by atoms with Crippen molar-refractivity contribution in [3.63, 3.8) is 0 Å². The number of ether oxygens (including phenoxy) is 3. The van der Waals surface area contributed by atoms with Crippen LogP contribution in [0.4, 0.5) is 0 Å². The van der Waals surface area contributed by atoms with Crippen LogP contribution in [0.25, 0.3) is 6.08 Å². The molecule has 0 fully saturated rings. The molecule has 224 valence electrons. The molecule has 0 radical (unpaired) electrons. The Morgan fingerprint density at radius 3 is 2.64 bits per heavy atom. The van der Waals surface area contributed by atoms with Crippen molar-refractivity contribution in [2.24, 2.45) is 4.99 Å². The molecule has 1 atom stereocenters. The summed E-state index contributed by atoms with van der Waals surface area (Å²) >= 11 is 7.66. The molecule has 0 saturated carbocycles. The van der Waals surface area contributed by atoms with Crippen LogP contribution in [-0.2, 0) is 16.1 Å². The highest BCUT2D eigenvalue weighted by molar-refractivity contribution is 7.07. The van der Waals surface area contributed by atoms with Crippen molar-refractivity contribution < 1.29 is 19.0 Å². The summed E-state index contributed by atoms with van der Waals surface area (Å²) in [4.78, 5) is 33.0. The number of para-hydroxylation sites is 1. The number of allylic oxidation sites excluding steroid dienone is 1. The zero-order valence-corrected chi connectivity index (χ0v) is 26.1. The summed E-state index contributed by atoms with van der Waals surface area (Å²) < 4.78 is 19.2. The predicted octanol–water partition coefficient (Wildman–Crippen LogP) is 5.69. The van der Waals surface area contributed by atoms with Crippen LogP contribution in [0.2, 0.25) is 5.02 Å². The summed E-state index contributed by atoms with van der Waals surface area (Å²) in [6.07, 6.45) is 3.00. The number of hydrogen-bond acceptors (Lipinski definition) is 8. The van der Waals surface area contributed by atoms with Crippen molar-refractivity contribution in [3.8, 4) is 17.6 Å². The fraction of sp³-hybridized carbons (Fsp3) is 0.235. The number of fused-ring (bicyclic) bond motifs is 1. The van der Waals surface area contributed by atoms with E-state index in [1.54, 1.807) is 43.3 Å². The second-order valence-electron chi connectivity index (χ2n) is 9.90. The minimum Gasteiger partial charge on any atom is -0.496 e. The molecule has 8 nitrogen and oxygen atoms in total. The summed E-state index contributed by atoms with van der Waals surface area (Å²) in [7, 11) is 1.53. The van der Waals surface area contributed by atoms with Crippen molar-refractivity contribution >= 4 is 35.0 Å². The Balaban J connectivity index is 1.67. The van der Waals surface area contributed by atoms with Crippen LogP contribution < -0.4 is 24.4 Å². The normalized spacial score (nSPS) is 14.4. The van der Waals surface area contributed by atoms with Crippen LogP contribution in [0.3, 0.4) is 0 Å². The van der Waals surface area contributed by atoms with Crippen molar-refractivity contribution in [1.29, 1.82) is 5.26 Å². The quantitative estimate of drug-likeness (QED) is 0.209. The molecular formula is C34H30ClN3O5S. The topological polar surface area (TPSA) is 103 Å². The molecular weight excluding hydrogens is 598 g/mol. The van der Waals surface area contributed by atoms with Crippen LogP contribution in [0.1, 0.15) is 55.0 Å². The fourth-order valence-corrected chi connectivity index (χ4v) is 6.31. The summed E-state index contributed by atoms with van der Waals surface area (Å²) in [5.41, 5.74) is 3.05. The van der Waals surface area contributed by atoms with Crippen LogP contribution >= 0.6 is 22.9 Å². The minimum absolute atomic E-state index is 0.168.